The number of rotatable bonds is 10. The van der Waals surface area contributed by atoms with Crippen molar-refractivity contribution in [2.24, 2.45) is 0 Å². The molecule has 0 aliphatic carbocycles. The summed E-state index contributed by atoms with van der Waals surface area (Å²) < 4.78 is 39.8. The van der Waals surface area contributed by atoms with Crippen molar-refractivity contribution in [1.82, 2.24) is 10.2 Å². The van der Waals surface area contributed by atoms with Crippen molar-refractivity contribution in [1.29, 1.82) is 0 Å². The molecule has 2 aromatic rings. The van der Waals surface area contributed by atoms with Crippen molar-refractivity contribution in [3.8, 4) is 0 Å². The molecule has 0 bridgehead atoms. The van der Waals surface area contributed by atoms with Gasteiger partial charge in [0.05, 0.1) is 11.9 Å². The predicted molar refractivity (Wildman–Crippen MR) is 118 cm³/mol. The molecule has 168 valence electrons. The number of nitrogens with one attached hydrogen (secondary N) is 1. The number of nitrogens with zero attached hydrogens (tertiary/aromatic N) is 2. The maximum atomic E-state index is 14.3. The van der Waals surface area contributed by atoms with Crippen molar-refractivity contribution in [2.75, 3.05) is 23.7 Å². The van der Waals surface area contributed by atoms with Crippen LogP contribution in [0.2, 0.25) is 0 Å². The second-order valence-corrected chi connectivity index (χ2v) is 8.95. The Labute approximate surface area is 182 Å². The lowest BCUT2D eigenvalue weighted by Crippen LogP contribution is -2.52. The van der Waals surface area contributed by atoms with Gasteiger partial charge in [0.2, 0.25) is 21.8 Å². The summed E-state index contributed by atoms with van der Waals surface area (Å²) in [5.41, 5.74) is 0.569. The number of carbonyl (C=O) groups excluding carboxylic acids is 2. The lowest BCUT2D eigenvalue weighted by atomic mass is 10.1. The summed E-state index contributed by atoms with van der Waals surface area (Å²) in [6.45, 7) is 3.44. The number of para-hydroxylation sites is 1. The van der Waals surface area contributed by atoms with Gasteiger partial charge in [-0.3, -0.25) is 13.9 Å². The molecule has 0 aromatic heterocycles. The zero-order valence-corrected chi connectivity index (χ0v) is 18.7. The first-order valence-corrected chi connectivity index (χ1v) is 11.9. The smallest absolute Gasteiger partial charge is 0.244 e. The van der Waals surface area contributed by atoms with Gasteiger partial charge in [-0.1, -0.05) is 49.4 Å². The first-order chi connectivity index (χ1) is 14.7. The van der Waals surface area contributed by atoms with Gasteiger partial charge in [0.1, 0.15) is 18.4 Å². The highest BCUT2D eigenvalue weighted by molar-refractivity contribution is 7.92. The van der Waals surface area contributed by atoms with Crippen LogP contribution in [0.25, 0.3) is 0 Å². The molecule has 0 saturated carbocycles. The Bertz CT molecular complexity index is 999. The van der Waals surface area contributed by atoms with Crippen LogP contribution in [0.5, 0.6) is 0 Å². The fourth-order valence-corrected chi connectivity index (χ4v) is 4.09. The molecule has 31 heavy (non-hydrogen) atoms. The van der Waals surface area contributed by atoms with E-state index in [1.54, 1.807) is 13.8 Å². The monoisotopic (exact) mass is 449 g/mol. The van der Waals surface area contributed by atoms with Gasteiger partial charge in [-0.15, -0.1) is 0 Å². The van der Waals surface area contributed by atoms with Crippen molar-refractivity contribution < 1.29 is 22.4 Å². The van der Waals surface area contributed by atoms with Crippen LogP contribution in [0.3, 0.4) is 0 Å². The minimum absolute atomic E-state index is 0.115. The second kappa shape index (κ2) is 10.9. The molecule has 0 unspecified atom stereocenters. The summed E-state index contributed by atoms with van der Waals surface area (Å²) in [6, 6.07) is 13.6. The summed E-state index contributed by atoms with van der Waals surface area (Å²) in [5, 5.41) is 2.72. The topological polar surface area (TPSA) is 86.8 Å². The van der Waals surface area contributed by atoms with Crippen LogP contribution < -0.4 is 9.62 Å². The molecule has 9 heteroatoms. The van der Waals surface area contributed by atoms with E-state index >= 15 is 0 Å². The Balaban J connectivity index is 2.42. The molecule has 1 N–H and O–H groups in total. The van der Waals surface area contributed by atoms with Crippen molar-refractivity contribution in [2.45, 2.75) is 32.9 Å². The zero-order valence-electron chi connectivity index (χ0n) is 17.9. The highest BCUT2D eigenvalue weighted by Crippen LogP contribution is 2.22. The minimum Gasteiger partial charge on any atom is -0.355 e. The van der Waals surface area contributed by atoms with E-state index in [4.69, 9.17) is 0 Å². The number of likely N-dealkylation sites (N-methyl/N-ethyl adjacent to an activating group) is 1. The molecule has 0 spiro atoms. The van der Waals surface area contributed by atoms with E-state index in [0.717, 1.165) is 22.2 Å². The molecule has 0 radical (unpaired) electrons. The Morgan fingerprint density at radius 2 is 1.65 bits per heavy atom. The second-order valence-electron chi connectivity index (χ2n) is 7.05. The standard InChI is InChI=1S/C22H28FN3O4S/c1-4-19(22(28)24-5-2)25(15-17-11-7-6-8-12-17)21(27)16-26(31(3,29)30)20-14-10-9-13-18(20)23/h6-14,19H,4-5,15-16H2,1-3H3,(H,24,28)/t19-/m1/s1. The highest BCUT2D eigenvalue weighted by atomic mass is 32.2. The van der Waals surface area contributed by atoms with Crippen molar-refractivity contribution in [3.63, 3.8) is 0 Å². The van der Waals surface area contributed by atoms with Gasteiger partial charge >= 0.3 is 0 Å². The number of halogens is 1. The highest BCUT2D eigenvalue weighted by Gasteiger charge is 2.32. The number of sulfonamides is 1. The molecular weight excluding hydrogens is 421 g/mol. The van der Waals surface area contributed by atoms with E-state index in [1.165, 1.54) is 23.1 Å². The largest absolute Gasteiger partial charge is 0.355 e. The van der Waals surface area contributed by atoms with Crippen LogP contribution in [0.15, 0.2) is 54.6 Å². The van der Waals surface area contributed by atoms with Crippen LogP contribution in [0.1, 0.15) is 25.8 Å². The SMILES string of the molecule is CCNC(=O)[C@@H](CC)N(Cc1ccccc1)C(=O)CN(c1ccccc1F)S(C)(=O)=O. The molecule has 0 fully saturated rings. The zero-order chi connectivity index (χ0) is 23.0. The minimum atomic E-state index is -3.96. The molecule has 2 amide bonds. The summed E-state index contributed by atoms with van der Waals surface area (Å²) in [6.07, 6.45) is 1.25. The van der Waals surface area contributed by atoms with Gasteiger partial charge in [0, 0.05) is 13.1 Å². The lowest BCUT2D eigenvalue weighted by molar-refractivity contribution is -0.140. The molecule has 7 nitrogen and oxygen atoms in total. The number of carbonyl (C=O) groups is 2. The fraction of sp³-hybridized carbons (Fsp3) is 0.364. The van der Waals surface area contributed by atoms with E-state index in [2.05, 4.69) is 5.32 Å². The van der Waals surface area contributed by atoms with Crippen LogP contribution in [-0.2, 0) is 26.2 Å². The van der Waals surface area contributed by atoms with Gasteiger partial charge in [0.15, 0.2) is 0 Å². The summed E-state index contributed by atoms with van der Waals surface area (Å²) in [7, 11) is -3.96. The predicted octanol–water partition coefficient (Wildman–Crippen LogP) is 2.54. The molecule has 2 rings (SSSR count). The number of hydrogen-bond acceptors (Lipinski definition) is 4. The average Bonchev–Trinajstić information content (AvgIpc) is 2.72. The van der Waals surface area contributed by atoms with Crippen LogP contribution in [0.4, 0.5) is 10.1 Å². The van der Waals surface area contributed by atoms with Crippen LogP contribution >= 0.6 is 0 Å². The van der Waals surface area contributed by atoms with Crippen molar-refractivity contribution in [3.05, 3.63) is 66.0 Å². The number of anilines is 1. The van der Waals surface area contributed by atoms with Gasteiger partial charge in [-0.05, 0) is 31.0 Å². The van der Waals surface area contributed by atoms with E-state index in [-0.39, 0.29) is 18.1 Å². The first kappa shape index (κ1) is 24.3. The Morgan fingerprint density at radius 1 is 1.03 bits per heavy atom. The van der Waals surface area contributed by atoms with Crippen LogP contribution in [-0.4, -0.2) is 50.5 Å². The maximum Gasteiger partial charge on any atom is 0.244 e. The van der Waals surface area contributed by atoms with E-state index < -0.39 is 34.3 Å². The third-order valence-electron chi connectivity index (χ3n) is 4.73. The number of amides is 2. The third kappa shape index (κ3) is 6.52. The molecule has 0 aliphatic heterocycles. The summed E-state index contributed by atoms with van der Waals surface area (Å²) in [5.74, 6) is -1.69. The van der Waals surface area contributed by atoms with E-state index in [1.807, 2.05) is 30.3 Å². The summed E-state index contributed by atoms with van der Waals surface area (Å²) in [4.78, 5) is 27.3. The van der Waals surface area contributed by atoms with Gasteiger partial charge < -0.3 is 10.2 Å². The molecular formula is C22H28FN3O4S. The number of benzene rings is 2. The average molecular weight is 450 g/mol. The van der Waals surface area contributed by atoms with Gasteiger partial charge in [-0.2, -0.15) is 0 Å². The molecule has 1 atom stereocenters. The third-order valence-corrected chi connectivity index (χ3v) is 5.86. The Morgan fingerprint density at radius 3 is 2.19 bits per heavy atom. The molecule has 0 saturated heterocycles. The Hall–Kier alpha value is -2.94. The molecule has 0 heterocycles. The molecule has 2 aromatic carbocycles. The Kier molecular flexibility index (Phi) is 8.56. The van der Waals surface area contributed by atoms with E-state index in [0.29, 0.717) is 13.0 Å². The van der Waals surface area contributed by atoms with Gasteiger partial charge in [0.25, 0.3) is 0 Å². The molecule has 0 aliphatic rings. The van der Waals surface area contributed by atoms with Crippen molar-refractivity contribution >= 4 is 27.5 Å². The van der Waals surface area contributed by atoms with Gasteiger partial charge in [-0.25, -0.2) is 12.8 Å². The maximum absolute atomic E-state index is 14.3. The number of hydrogen-bond donors (Lipinski definition) is 1. The summed E-state index contributed by atoms with van der Waals surface area (Å²) >= 11 is 0. The normalized spacial score (nSPS) is 12.1. The quantitative estimate of drug-likeness (QED) is 0.604. The van der Waals surface area contributed by atoms with E-state index in [9.17, 15) is 22.4 Å². The first-order valence-electron chi connectivity index (χ1n) is 10.0. The fourth-order valence-electron chi connectivity index (χ4n) is 3.24. The lowest BCUT2D eigenvalue weighted by Gasteiger charge is -2.32. The van der Waals surface area contributed by atoms with Crippen LogP contribution in [0, 0.1) is 5.82 Å².